The highest BCUT2D eigenvalue weighted by Crippen LogP contribution is 2.46. The summed E-state index contributed by atoms with van der Waals surface area (Å²) in [5.74, 6) is -0.974. The van der Waals surface area contributed by atoms with E-state index in [0.29, 0.717) is 5.33 Å². The van der Waals surface area contributed by atoms with E-state index < -0.39 is 30.6 Å². The normalized spacial score (nSPS) is 17.7. The SMILES string of the molecule is CS(=O)(=O)c1ccc(F)c(S(=O)(=O)NCC2(CBr)CC2)c1. The van der Waals surface area contributed by atoms with Gasteiger partial charge in [0.25, 0.3) is 0 Å². The lowest BCUT2D eigenvalue weighted by Crippen LogP contribution is -2.31. The van der Waals surface area contributed by atoms with Gasteiger partial charge in [-0.25, -0.2) is 25.9 Å². The summed E-state index contributed by atoms with van der Waals surface area (Å²) < 4.78 is 63.3. The van der Waals surface area contributed by atoms with Crippen molar-refractivity contribution >= 4 is 35.8 Å². The Hall–Kier alpha value is -0.510. The molecular weight excluding hydrogens is 385 g/mol. The molecule has 1 aliphatic rings. The van der Waals surface area contributed by atoms with Gasteiger partial charge >= 0.3 is 0 Å². The molecule has 21 heavy (non-hydrogen) atoms. The maximum atomic E-state index is 13.7. The van der Waals surface area contributed by atoms with E-state index in [1.54, 1.807) is 0 Å². The number of alkyl halides is 1. The Kier molecular flexibility index (Phi) is 4.50. The second-order valence-electron chi connectivity index (χ2n) is 5.32. The summed E-state index contributed by atoms with van der Waals surface area (Å²) in [4.78, 5) is -0.873. The Morgan fingerprint density at radius 2 is 1.90 bits per heavy atom. The zero-order valence-electron chi connectivity index (χ0n) is 11.3. The number of hydrogen-bond donors (Lipinski definition) is 1. The van der Waals surface area contributed by atoms with Crippen LogP contribution in [0, 0.1) is 11.2 Å². The number of nitrogens with one attached hydrogen (secondary N) is 1. The molecule has 0 heterocycles. The van der Waals surface area contributed by atoms with Crippen molar-refractivity contribution < 1.29 is 21.2 Å². The van der Waals surface area contributed by atoms with Crippen LogP contribution in [0.1, 0.15) is 12.8 Å². The van der Waals surface area contributed by atoms with Crippen LogP contribution in [0.3, 0.4) is 0 Å². The van der Waals surface area contributed by atoms with Gasteiger partial charge in [-0.05, 0) is 36.5 Å². The third-order valence-electron chi connectivity index (χ3n) is 3.50. The number of halogens is 2. The Morgan fingerprint density at radius 1 is 1.29 bits per heavy atom. The number of sulfone groups is 1. The first-order valence-electron chi connectivity index (χ1n) is 6.15. The van der Waals surface area contributed by atoms with Crippen LogP contribution in [0.4, 0.5) is 4.39 Å². The maximum Gasteiger partial charge on any atom is 0.243 e. The second kappa shape index (κ2) is 5.60. The highest BCUT2D eigenvalue weighted by Gasteiger charge is 2.42. The van der Waals surface area contributed by atoms with Crippen LogP contribution in [0.5, 0.6) is 0 Å². The van der Waals surface area contributed by atoms with E-state index in [2.05, 4.69) is 20.7 Å². The third-order valence-corrected chi connectivity index (χ3v) is 7.21. The van der Waals surface area contributed by atoms with Crippen molar-refractivity contribution in [3.8, 4) is 0 Å². The summed E-state index contributed by atoms with van der Waals surface area (Å²) in [6.07, 6.45) is 2.73. The van der Waals surface area contributed by atoms with Crippen LogP contribution < -0.4 is 4.72 Å². The van der Waals surface area contributed by atoms with Gasteiger partial charge in [-0.15, -0.1) is 0 Å². The summed E-state index contributed by atoms with van der Waals surface area (Å²) in [5.41, 5.74) is -0.113. The van der Waals surface area contributed by atoms with Gasteiger partial charge in [0.15, 0.2) is 9.84 Å². The van der Waals surface area contributed by atoms with E-state index in [9.17, 15) is 21.2 Å². The fraction of sp³-hybridized carbons (Fsp3) is 0.500. The molecule has 2 rings (SSSR count). The molecule has 1 saturated carbocycles. The lowest BCUT2D eigenvalue weighted by molar-refractivity contribution is 0.527. The largest absolute Gasteiger partial charge is 0.243 e. The van der Waals surface area contributed by atoms with E-state index in [-0.39, 0.29) is 16.9 Å². The first-order chi connectivity index (χ1) is 9.60. The minimum atomic E-state index is -4.09. The molecule has 118 valence electrons. The average molecular weight is 400 g/mol. The van der Waals surface area contributed by atoms with Gasteiger partial charge in [-0.2, -0.15) is 0 Å². The zero-order chi connectivity index (χ0) is 15.9. The summed E-state index contributed by atoms with van der Waals surface area (Å²) >= 11 is 3.32. The summed E-state index contributed by atoms with van der Waals surface area (Å²) in [5, 5.41) is 0.661. The van der Waals surface area contributed by atoms with Crippen LogP contribution in [0.15, 0.2) is 28.0 Å². The van der Waals surface area contributed by atoms with Crippen molar-refractivity contribution in [2.45, 2.75) is 22.6 Å². The molecule has 0 spiro atoms. The Morgan fingerprint density at radius 3 is 2.38 bits per heavy atom. The van der Waals surface area contributed by atoms with Crippen molar-refractivity contribution in [2.75, 3.05) is 18.1 Å². The summed E-state index contributed by atoms with van der Waals surface area (Å²) in [7, 11) is -7.69. The van der Waals surface area contributed by atoms with Gasteiger partial charge in [0.1, 0.15) is 10.7 Å². The third kappa shape index (κ3) is 3.82. The van der Waals surface area contributed by atoms with Gasteiger partial charge in [-0.1, -0.05) is 15.9 Å². The zero-order valence-corrected chi connectivity index (χ0v) is 14.5. The molecule has 0 aliphatic heterocycles. The number of benzene rings is 1. The molecule has 5 nitrogen and oxygen atoms in total. The lowest BCUT2D eigenvalue weighted by atomic mass is 10.1. The molecule has 1 aromatic rings. The molecule has 0 saturated heterocycles. The quantitative estimate of drug-likeness (QED) is 0.582. The first kappa shape index (κ1) is 16.9. The van der Waals surface area contributed by atoms with E-state index >= 15 is 0 Å². The van der Waals surface area contributed by atoms with Gasteiger partial charge in [0.05, 0.1) is 4.90 Å². The van der Waals surface area contributed by atoms with E-state index in [1.807, 2.05) is 0 Å². The lowest BCUT2D eigenvalue weighted by Gasteiger charge is -2.14. The summed E-state index contributed by atoms with van der Waals surface area (Å²) in [6.45, 7) is 0.198. The number of hydrogen-bond acceptors (Lipinski definition) is 4. The second-order valence-corrected chi connectivity index (χ2v) is 9.63. The van der Waals surface area contributed by atoms with Crippen LogP contribution in [-0.4, -0.2) is 35.0 Å². The van der Waals surface area contributed by atoms with Gasteiger partial charge in [0, 0.05) is 18.1 Å². The molecule has 1 aliphatic carbocycles. The highest BCUT2D eigenvalue weighted by molar-refractivity contribution is 9.09. The van der Waals surface area contributed by atoms with Crippen LogP contribution >= 0.6 is 15.9 Å². The fourth-order valence-corrected chi connectivity index (χ4v) is 4.52. The maximum absolute atomic E-state index is 13.7. The van der Waals surface area contributed by atoms with Crippen LogP contribution in [0.2, 0.25) is 0 Å². The Labute approximate surface area is 132 Å². The monoisotopic (exact) mass is 399 g/mol. The molecule has 0 atom stereocenters. The van der Waals surface area contributed by atoms with E-state index in [0.717, 1.165) is 37.3 Å². The number of sulfonamides is 1. The minimum Gasteiger partial charge on any atom is -0.224 e. The van der Waals surface area contributed by atoms with Crippen LogP contribution in [0.25, 0.3) is 0 Å². The first-order valence-corrected chi connectivity index (χ1v) is 10.6. The number of rotatable bonds is 6. The van der Waals surface area contributed by atoms with Crippen molar-refractivity contribution in [3.05, 3.63) is 24.0 Å². The van der Waals surface area contributed by atoms with E-state index in [4.69, 9.17) is 0 Å². The standard InChI is InChI=1S/C12H15BrFNO4S2/c1-20(16,17)9-2-3-10(14)11(6-9)21(18,19)15-8-12(7-13)4-5-12/h2-3,6,15H,4-5,7-8H2,1H3. The van der Waals surface area contributed by atoms with Crippen molar-refractivity contribution in [1.82, 2.24) is 4.72 Å². The molecule has 0 bridgehead atoms. The van der Waals surface area contributed by atoms with Crippen molar-refractivity contribution in [3.63, 3.8) is 0 Å². The van der Waals surface area contributed by atoms with Crippen molar-refractivity contribution in [2.24, 2.45) is 5.41 Å². The smallest absolute Gasteiger partial charge is 0.224 e. The minimum absolute atomic E-state index is 0.113. The van der Waals surface area contributed by atoms with E-state index in [1.165, 1.54) is 0 Å². The van der Waals surface area contributed by atoms with Gasteiger partial charge < -0.3 is 0 Å². The van der Waals surface area contributed by atoms with Crippen LogP contribution in [-0.2, 0) is 19.9 Å². The molecule has 0 radical (unpaired) electrons. The fourth-order valence-electron chi connectivity index (χ4n) is 1.78. The molecule has 0 amide bonds. The Balaban J connectivity index is 2.31. The predicted octanol–water partition coefficient (Wildman–Crippen LogP) is 1.68. The average Bonchev–Trinajstić information content (AvgIpc) is 3.16. The van der Waals surface area contributed by atoms with Gasteiger partial charge in [-0.3, -0.25) is 0 Å². The van der Waals surface area contributed by atoms with Gasteiger partial charge in [0.2, 0.25) is 10.0 Å². The molecule has 0 unspecified atom stereocenters. The molecule has 1 aromatic carbocycles. The predicted molar refractivity (Wildman–Crippen MR) is 80.2 cm³/mol. The molecule has 0 aromatic heterocycles. The Bertz CT molecular complexity index is 757. The summed E-state index contributed by atoms with van der Waals surface area (Å²) in [6, 6.07) is 2.74. The van der Waals surface area contributed by atoms with Crippen molar-refractivity contribution in [1.29, 1.82) is 0 Å². The topological polar surface area (TPSA) is 80.3 Å². The molecule has 9 heteroatoms. The molecular formula is C12H15BrFNO4S2. The molecule has 1 N–H and O–H groups in total. The highest BCUT2D eigenvalue weighted by atomic mass is 79.9. The molecule has 1 fully saturated rings.